The quantitative estimate of drug-likeness (QED) is 0.845. The van der Waals surface area contributed by atoms with Gasteiger partial charge in [0.05, 0.1) is 0 Å². The molecule has 2 aromatic heterocycles. The number of methoxy groups -OCH3 is 1. The van der Waals surface area contributed by atoms with E-state index in [1.807, 2.05) is 11.7 Å². The molecule has 0 saturated carbocycles. The molecular weight excluding hydrogens is 367 g/mol. The van der Waals surface area contributed by atoms with Crippen LogP contribution in [-0.4, -0.2) is 38.6 Å². The number of rotatable bonds is 5. The van der Waals surface area contributed by atoms with Crippen molar-refractivity contribution in [1.29, 1.82) is 0 Å². The Labute approximate surface area is 163 Å². The zero-order valence-electron chi connectivity index (χ0n) is 16.2. The number of hydrogen-bond donors (Lipinski definition) is 1. The van der Waals surface area contributed by atoms with Gasteiger partial charge in [0, 0.05) is 0 Å². The van der Waals surface area contributed by atoms with Gasteiger partial charge >= 0.3 is 163 Å². The second-order valence-electron chi connectivity index (χ2n) is 7.34. The Bertz CT molecular complexity index is 874. The van der Waals surface area contributed by atoms with Gasteiger partial charge in [0.2, 0.25) is 0 Å². The normalized spacial score (nSPS) is 24.7. The second-order valence-corrected chi connectivity index (χ2v) is 7.74. The third-order valence-electron chi connectivity index (χ3n) is 5.25. The number of hydrogen-bond acceptors (Lipinski definition) is 5. The van der Waals surface area contributed by atoms with Crippen molar-refractivity contribution in [3.63, 3.8) is 0 Å². The predicted molar refractivity (Wildman–Crippen MR) is 100 cm³/mol. The summed E-state index contributed by atoms with van der Waals surface area (Å²) in [6.45, 7) is 14.2. The van der Waals surface area contributed by atoms with Gasteiger partial charge < -0.3 is 0 Å². The van der Waals surface area contributed by atoms with Crippen molar-refractivity contribution >= 4 is 21.6 Å². The molecule has 0 aliphatic carbocycles. The molecule has 3 rings (SSSR count). The molecule has 139 valence electrons. The minimum atomic E-state index is -0.213. The number of ether oxygens (including phenoxy) is 2. The van der Waals surface area contributed by atoms with Crippen LogP contribution in [0.15, 0.2) is 12.8 Å². The Morgan fingerprint density at radius 1 is 1.35 bits per heavy atom. The molecule has 0 amide bonds. The average molecular weight is 393 g/mol. The Morgan fingerprint density at radius 2 is 2.04 bits per heavy atom. The summed E-state index contributed by atoms with van der Waals surface area (Å²) in [4.78, 5) is 9.33. The van der Waals surface area contributed by atoms with Crippen LogP contribution in [0.25, 0.3) is 11.0 Å². The van der Waals surface area contributed by atoms with Crippen molar-refractivity contribution in [2.45, 2.75) is 53.1 Å². The molecular formula is C19H26N4O2V. The first-order valence-corrected chi connectivity index (χ1v) is 9.50. The fraction of sp³-hybridized carbons (Fsp3) is 0.526. The second kappa shape index (κ2) is 6.93. The summed E-state index contributed by atoms with van der Waals surface area (Å²) >= 11 is 2.52. The summed E-state index contributed by atoms with van der Waals surface area (Å²) < 4.78 is 16.3. The van der Waals surface area contributed by atoms with Gasteiger partial charge in [-0.1, -0.05) is 0 Å². The maximum atomic E-state index is 6.37. The van der Waals surface area contributed by atoms with E-state index in [2.05, 4.69) is 66.1 Å². The van der Waals surface area contributed by atoms with Gasteiger partial charge in [-0.05, 0) is 0 Å². The number of aryl methyl sites for hydroxylation is 1. The van der Waals surface area contributed by atoms with E-state index in [0.717, 1.165) is 28.1 Å². The Kier molecular flexibility index (Phi) is 5.14. The molecule has 0 bridgehead atoms. The van der Waals surface area contributed by atoms with Crippen LogP contribution < -0.4 is 5.32 Å². The van der Waals surface area contributed by atoms with E-state index < -0.39 is 0 Å². The van der Waals surface area contributed by atoms with Gasteiger partial charge in [0.15, 0.2) is 0 Å². The van der Waals surface area contributed by atoms with E-state index >= 15 is 0 Å². The minimum absolute atomic E-state index is 0.00268. The van der Waals surface area contributed by atoms with Gasteiger partial charge in [-0.15, -0.1) is 0 Å². The van der Waals surface area contributed by atoms with Gasteiger partial charge in [-0.2, -0.15) is 0 Å². The maximum absolute atomic E-state index is 6.37. The van der Waals surface area contributed by atoms with Crippen LogP contribution in [-0.2, 0) is 26.5 Å². The number of aromatic nitrogens is 3. The van der Waals surface area contributed by atoms with E-state index in [1.165, 1.54) is 0 Å². The summed E-state index contributed by atoms with van der Waals surface area (Å²) in [5, 5.41) is 4.13. The van der Waals surface area contributed by atoms with Crippen molar-refractivity contribution in [2.75, 3.05) is 12.4 Å². The van der Waals surface area contributed by atoms with Crippen LogP contribution in [0, 0.1) is 19.3 Å². The van der Waals surface area contributed by atoms with Crippen LogP contribution in [0.4, 0.5) is 5.82 Å². The molecule has 1 N–H and O–H groups in total. The summed E-state index contributed by atoms with van der Waals surface area (Å²) in [6.07, 6.45) is 1.46. The molecule has 7 heteroatoms. The van der Waals surface area contributed by atoms with E-state index in [0.29, 0.717) is 5.82 Å². The molecule has 2 aromatic rings. The van der Waals surface area contributed by atoms with E-state index in [9.17, 15) is 0 Å². The SMILES string of the molecule is C=CNc1nc(C)nc2c1c([CH]=[V])c(C)n2[C@@H]1O[C@H](C)[C@@H](OC)C1(C)C. The van der Waals surface area contributed by atoms with Crippen molar-refractivity contribution in [1.82, 2.24) is 14.5 Å². The molecule has 3 atom stereocenters. The first-order chi connectivity index (χ1) is 12.3. The van der Waals surface area contributed by atoms with Crippen molar-refractivity contribution in [3.05, 3.63) is 29.9 Å². The monoisotopic (exact) mass is 393 g/mol. The van der Waals surface area contributed by atoms with Crippen LogP contribution in [0.5, 0.6) is 0 Å². The van der Waals surface area contributed by atoms with Crippen LogP contribution in [0.2, 0.25) is 0 Å². The molecule has 1 aliphatic heterocycles. The van der Waals surface area contributed by atoms with E-state index in [1.54, 1.807) is 13.3 Å². The predicted octanol–water partition coefficient (Wildman–Crippen LogP) is 3.26. The molecule has 6 nitrogen and oxygen atoms in total. The standard InChI is InChI=1S/C19H26N4O2.V/c1-9-20-16-14-10(2)11(3)23(17(14)22-13(5)21-16)18-19(6,7)15(24-8)12(4)25-18;/h2,9,12,15,18H,1H2,3-8H3,(H,20,21,22);/t12-,15-,18-;/m1./s1. The fourth-order valence-corrected chi connectivity index (χ4v) is 4.67. The summed E-state index contributed by atoms with van der Waals surface area (Å²) in [5.41, 5.74) is 2.82. The fourth-order valence-electron chi connectivity index (χ4n) is 4.18. The van der Waals surface area contributed by atoms with Gasteiger partial charge in [-0.25, -0.2) is 0 Å². The first-order valence-electron chi connectivity index (χ1n) is 8.70. The Morgan fingerprint density at radius 3 is 2.58 bits per heavy atom. The number of nitrogens with zero attached hydrogens (tertiary/aromatic N) is 3. The molecule has 0 aromatic carbocycles. The molecule has 1 fully saturated rings. The number of nitrogens with one attached hydrogen (secondary N) is 1. The number of fused-ring (bicyclic) bond motifs is 1. The average Bonchev–Trinajstić information content (AvgIpc) is 2.96. The van der Waals surface area contributed by atoms with Gasteiger partial charge in [-0.3, -0.25) is 0 Å². The zero-order chi connectivity index (χ0) is 19.2. The van der Waals surface area contributed by atoms with Crippen LogP contribution in [0.3, 0.4) is 0 Å². The summed E-state index contributed by atoms with van der Waals surface area (Å²) in [5.74, 6) is 1.46. The van der Waals surface area contributed by atoms with Crippen LogP contribution in [0.1, 0.15) is 44.1 Å². The Hall–Kier alpha value is -1.47. The van der Waals surface area contributed by atoms with Crippen molar-refractivity contribution < 1.29 is 26.5 Å². The third-order valence-corrected chi connectivity index (χ3v) is 5.65. The molecule has 1 aliphatic rings. The Balaban J connectivity index is 2.32. The zero-order valence-corrected chi connectivity index (χ0v) is 17.6. The van der Waals surface area contributed by atoms with Crippen LogP contribution >= 0.6 is 0 Å². The summed E-state index contributed by atoms with van der Waals surface area (Å²) in [7, 11) is 1.75. The number of anilines is 1. The molecule has 26 heavy (non-hydrogen) atoms. The molecule has 0 spiro atoms. The first kappa shape index (κ1) is 19.3. The summed E-state index contributed by atoms with van der Waals surface area (Å²) in [6, 6.07) is 0. The van der Waals surface area contributed by atoms with Crippen molar-refractivity contribution in [2.24, 2.45) is 5.41 Å². The van der Waals surface area contributed by atoms with Crippen molar-refractivity contribution in [3.8, 4) is 0 Å². The molecule has 3 heterocycles. The van der Waals surface area contributed by atoms with E-state index in [4.69, 9.17) is 14.5 Å². The van der Waals surface area contributed by atoms with Gasteiger partial charge in [0.25, 0.3) is 0 Å². The third kappa shape index (κ3) is 2.76. The van der Waals surface area contributed by atoms with Gasteiger partial charge in [0.1, 0.15) is 0 Å². The topological polar surface area (TPSA) is 61.2 Å². The van der Waals surface area contributed by atoms with E-state index in [-0.39, 0.29) is 23.9 Å². The molecule has 1 saturated heterocycles. The molecule has 0 unspecified atom stereocenters. The molecule has 0 radical (unpaired) electrons.